The fourth-order valence-electron chi connectivity index (χ4n) is 3.48. The first-order valence-electron chi connectivity index (χ1n) is 8.37. The molecule has 2 fully saturated rings. The molecule has 2 heterocycles. The highest BCUT2D eigenvalue weighted by Crippen LogP contribution is 2.40. The summed E-state index contributed by atoms with van der Waals surface area (Å²) in [5.41, 5.74) is -0.487. The molecular formula is C17H25BrN2O3S. The second kappa shape index (κ2) is 6.94. The van der Waals surface area contributed by atoms with Crippen molar-refractivity contribution in [3.63, 3.8) is 0 Å². The molecule has 3 rings (SSSR count). The highest BCUT2D eigenvalue weighted by Gasteiger charge is 2.55. The summed E-state index contributed by atoms with van der Waals surface area (Å²) in [4.78, 5) is 13.4. The number of amides is 1. The molecule has 1 aromatic rings. The van der Waals surface area contributed by atoms with Crippen LogP contribution in [-0.2, 0) is 9.47 Å². The van der Waals surface area contributed by atoms with E-state index in [1.807, 2.05) is 20.8 Å². The van der Waals surface area contributed by atoms with Crippen molar-refractivity contribution in [1.82, 2.24) is 10.6 Å². The largest absolute Gasteiger partial charge is 0.444 e. The van der Waals surface area contributed by atoms with Crippen LogP contribution in [0.25, 0.3) is 0 Å². The third-order valence-corrected chi connectivity index (χ3v) is 6.34. The van der Waals surface area contributed by atoms with E-state index in [-0.39, 0.29) is 30.3 Å². The van der Waals surface area contributed by atoms with E-state index in [4.69, 9.17) is 9.47 Å². The molecule has 1 aliphatic heterocycles. The third-order valence-electron chi connectivity index (χ3n) is 4.53. The number of carbonyl (C=O) groups excluding carboxylic acids is 1. The zero-order valence-corrected chi connectivity index (χ0v) is 16.9. The highest BCUT2D eigenvalue weighted by molar-refractivity contribution is 9.11. The number of carbonyl (C=O) groups is 1. The van der Waals surface area contributed by atoms with Crippen molar-refractivity contribution >= 4 is 33.4 Å². The monoisotopic (exact) mass is 416 g/mol. The van der Waals surface area contributed by atoms with Gasteiger partial charge in [-0.05, 0) is 62.2 Å². The first-order chi connectivity index (χ1) is 11.2. The van der Waals surface area contributed by atoms with Gasteiger partial charge in [-0.2, -0.15) is 0 Å². The van der Waals surface area contributed by atoms with Crippen molar-refractivity contribution in [2.24, 2.45) is 5.92 Å². The lowest BCUT2D eigenvalue weighted by atomic mass is 9.71. The molecule has 1 aliphatic carbocycles. The summed E-state index contributed by atoms with van der Waals surface area (Å²) >= 11 is 5.23. The van der Waals surface area contributed by atoms with Gasteiger partial charge in [0.1, 0.15) is 5.60 Å². The first kappa shape index (κ1) is 18.2. The van der Waals surface area contributed by atoms with Crippen LogP contribution in [0, 0.1) is 5.92 Å². The van der Waals surface area contributed by atoms with Gasteiger partial charge in [-0.15, -0.1) is 11.3 Å². The molecule has 7 heteroatoms. The number of hydrogen-bond donors (Lipinski definition) is 2. The van der Waals surface area contributed by atoms with Crippen LogP contribution in [0.3, 0.4) is 0 Å². The number of hydrogen-bond acceptors (Lipinski definition) is 5. The van der Waals surface area contributed by atoms with Crippen LogP contribution in [0.5, 0.6) is 0 Å². The molecule has 5 atom stereocenters. The maximum atomic E-state index is 12.1. The molecule has 5 nitrogen and oxygen atoms in total. The quantitative estimate of drug-likeness (QED) is 0.782. The molecule has 1 amide bonds. The first-order valence-corrected chi connectivity index (χ1v) is 9.98. The van der Waals surface area contributed by atoms with E-state index in [9.17, 15) is 4.79 Å². The minimum Gasteiger partial charge on any atom is -0.444 e. The molecule has 2 N–H and O–H groups in total. The van der Waals surface area contributed by atoms with Gasteiger partial charge in [0.15, 0.2) is 0 Å². The summed E-state index contributed by atoms with van der Waals surface area (Å²) in [6, 6.07) is 4.55. The molecule has 2 aliphatic rings. The van der Waals surface area contributed by atoms with Crippen molar-refractivity contribution in [1.29, 1.82) is 0 Å². The SMILES string of the molecule is CC(NC1C(NC(=O)OC(C)(C)C)C2CCOC21)c1ccc(Br)s1. The van der Waals surface area contributed by atoms with Crippen LogP contribution in [0.2, 0.25) is 0 Å². The average molecular weight is 417 g/mol. The number of nitrogens with one attached hydrogen (secondary N) is 2. The van der Waals surface area contributed by atoms with Gasteiger partial charge in [-0.1, -0.05) is 0 Å². The van der Waals surface area contributed by atoms with Gasteiger partial charge >= 0.3 is 6.09 Å². The molecule has 24 heavy (non-hydrogen) atoms. The Labute approximate surface area is 155 Å². The summed E-state index contributed by atoms with van der Waals surface area (Å²) < 4.78 is 12.4. The van der Waals surface area contributed by atoms with Gasteiger partial charge in [0.25, 0.3) is 0 Å². The Morgan fingerprint density at radius 1 is 1.42 bits per heavy atom. The molecule has 0 spiro atoms. The average Bonchev–Trinajstić information content (AvgIpc) is 3.07. The van der Waals surface area contributed by atoms with Crippen molar-refractivity contribution in [3.8, 4) is 0 Å². The van der Waals surface area contributed by atoms with Crippen molar-refractivity contribution in [2.45, 2.75) is 63.9 Å². The maximum absolute atomic E-state index is 12.1. The minimum atomic E-state index is -0.487. The maximum Gasteiger partial charge on any atom is 0.407 e. The van der Waals surface area contributed by atoms with E-state index in [2.05, 4.69) is 45.6 Å². The van der Waals surface area contributed by atoms with Gasteiger partial charge in [0.2, 0.25) is 0 Å². The van der Waals surface area contributed by atoms with Crippen LogP contribution in [-0.4, -0.2) is 36.5 Å². The second-order valence-corrected chi connectivity index (χ2v) is 10.0. The summed E-state index contributed by atoms with van der Waals surface area (Å²) in [5.74, 6) is 0.372. The Morgan fingerprint density at radius 3 is 2.79 bits per heavy atom. The number of halogens is 1. The van der Waals surface area contributed by atoms with Gasteiger partial charge in [0, 0.05) is 23.4 Å². The topological polar surface area (TPSA) is 59.6 Å². The van der Waals surface area contributed by atoms with Gasteiger partial charge in [-0.25, -0.2) is 4.79 Å². The van der Waals surface area contributed by atoms with Crippen molar-refractivity contribution < 1.29 is 14.3 Å². The van der Waals surface area contributed by atoms with Crippen LogP contribution < -0.4 is 10.6 Å². The Bertz CT molecular complexity index is 601. The van der Waals surface area contributed by atoms with E-state index >= 15 is 0 Å². The van der Waals surface area contributed by atoms with Gasteiger partial charge in [-0.3, -0.25) is 0 Å². The summed E-state index contributed by atoms with van der Waals surface area (Å²) in [6.45, 7) is 8.54. The van der Waals surface area contributed by atoms with Crippen molar-refractivity contribution in [3.05, 3.63) is 20.8 Å². The second-order valence-electron chi connectivity index (χ2n) is 7.52. The lowest BCUT2D eigenvalue weighted by Crippen LogP contribution is -2.70. The molecular weight excluding hydrogens is 392 g/mol. The highest BCUT2D eigenvalue weighted by atomic mass is 79.9. The van der Waals surface area contributed by atoms with Crippen LogP contribution in [0.1, 0.15) is 45.0 Å². The van der Waals surface area contributed by atoms with Crippen LogP contribution >= 0.6 is 27.3 Å². The third kappa shape index (κ3) is 3.95. The molecule has 0 bridgehead atoms. The Kier molecular flexibility index (Phi) is 5.25. The summed E-state index contributed by atoms with van der Waals surface area (Å²) in [7, 11) is 0. The van der Waals surface area contributed by atoms with Crippen molar-refractivity contribution in [2.75, 3.05) is 6.61 Å². The molecule has 1 saturated carbocycles. The molecule has 1 aromatic heterocycles. The normalized spacial score (nSPS) is 30.4. The number of fused-ring (bicyclic) bond motifs is 1. The van der Waals surface area contributed by atoms with Crippen LogP contribution in [0.4, 0.5) is 4.79 Å². The number of rotatable bonds is 4. The van der Waals surface area contributed by atoms with E-state index < -0.39 is 5.60 Å². The smallest absolute Gasteiger partial charge is 0.407 e. The predicted octanol–water partition coefficient (Wildman–Crippen LogP) is 3.84. The standard InChI is InChI=1S/C17H25BrN2O3S/c1-9(11-5-6-12(18)24-11)19-14-13(10-7-8-22-15(10)14)20-16(21)23-17(2,3)4/h5-6,9-10,13-15,19H,7-8H2,1-4H3,(H,20,21). The number of thiophene rings is 1. The van der Waals surface area contributed by atoms with E-state index in [0.29, 0.717) is 5.92 Å². The van der Waals surface area contributed by atoms with E-state index in [1.165, 1.54) is 4.88 Å². The molecule has 134 valence electrons. The summed E-state index contributed by atoms with van der Waals surface area (Å²) in [6.07, 6.45) is 0.814. The van der Waals surface area contributed by atoms with Gasteiger partial charge in [0.05, 0.1) is 22.0 Å². The Morgan fingerprint density at radius 2 is 2.17 bits per heavy atom. The Balaban J connectivity index is 1.63. The predicted molar refractivity (Wildman–Crippen MR) is 98.4 cm³/mol. The zero-order chi connectivity index (χ0) is 17.5. The molecule has 0 aromatic carbocycles. The molecule has 5 unspecified atom stereocenters. The Hall–Kier alpha value is -0.630. The number of ether oxygens (including phenoxy) is 2. The molecule has 0 radical (unpaired) electrons. The fourth-order valence-corrected chi connectivity index (χ4v) is 4.91. The lowest BCUT2D eigenvalue weighted by Gasteiger charge is -2.49. The fraction of sp³-hybridized carbons (Fsp3) is 0.706. The van der Waals surface area contributed by atoms with E-state index in [0.717, 1.165) is 16.8 Å². The zero-order valence-electron chi connectivity index (χ0n) is 14.5. The van der Waals surface area contributed by atoms with Gasteiger partial charge < -0.3 is 20.1 Å². The van der Waals surface area contributed by atoms with Crippen LogP contribution in [0.15, 0.2) is 15.9 Å². The number of alkyl carbamates (subject to hydrolysis) is 1. The minimum absolute atomic E-state index is 0.0539. The summed E-state index contributed by atoms with van der Waals surface area (Å²) in [5, 5.41) is 6.68. The lowest BCUT2D eigenvalue weighted by molar-refractivity contribution is -0.0370. The molecule has 1 saturated heterocycles. The van der Waals surface area contributed by atoms with E-state index in [1.54, 1.807) is 11.3 Å².